The predicted molar refractivity (Wildman–Crippen MR) is 83.7 cm³/mol. The van der Waals surface area contributed by atoms with Crippen LogP contribution < -0.4 is 15.5 Å². The van der Waals surface area contributed by atoms with Gasteiger partial charge in [-0.25, -0.2) is 0 Å². The molecule has 0 spiro atoms. The van der Waals surface area contributed by atoms with E-state index in [2.05, 4.69) is 15.8 Å². The molecule has 0 bridgehead atoms. The van der Waals surface area contributed by atoms with E-state index < -0.39 is 0 Å². The number of nitrogens with one attached hydrogen (secondary N) is 3. The van der Waals surface area contributed by atoms with E-state index in [9.17, 15) is 9.59 Å². The van der Waals surface area contributed by atoms with Crippen LogP contribution in [-0.2, 0) is 15.0 Å². The Morgan fingerprint density at radius 2 is 1.86 bits per heavy atom. The van der Waals surface area contributed by atoms with Gasteiger partial charge in [-0.2, -0.15) is 0 Å². The number of amides is 2. The Labute approximate surface area is 131 Å². The quantitative estimate of drug-likeness (QED) is 0.687. The molecule has 124 valence electrons. The molecule has 1 atom stereocenters. The Hall–Kier alpha value is -1.89. The Morgan fingerprint density at radius 1 is 1.27 bits per heavy atom. The summed E-state index contributed by atoms with van der Waals surface area (Å²) in [6.07, 6.45) is 0. The lowest BCUT2D eigenvalue weighted by Crippen LogP contribution is -3.11. The molecule has 7 nitrogen and oxygen atoms in total. The molecule has 0 aliphatic carbocycles. The van der Waals surface area contributed by atoms with E-state index in [0.29, 0.717) is 5.88 Å². The first-order chi connectivity index (χ1) is 10.1. The molecule has 1 aromatic heterocycles. The van der Waals surface area contributed by atoms with Crippen LogP contribution >= 0.6 is 0 Å². The molecular formula is C15H27N4O3+. The summed E-state index contributed by atoms with van der Waals surface area (Å²) < 4.78 is 5.11. The lowest BCUT2D eigenvalue weighted by molar-refractivity contribution is -0.862. The van der Waals surface area contributed by atoms with E-state index >= 15 is 0 Å². The summed E-state index contributed by atoms with van der Waals surface area (Å²) in [5.74, 6) is 0.0378. The first kappa shape index (κ1) is 18.2. The highest BCUT2D eigenvalue weighted by Crippen LogP contribution is 2.23. The normalized spacial score (nSPS) is 13.0. The second kappa shape index (κ2) is 7.40. The number of carbonyl (C=O) groups is 2. The fraction of sp³-hybridized carbons (Fsp3) is 0.667. The van der Waals surface area contributed by atoms with Crippen molar-refractivity contribution >= 4 is 17.7 Å². The third-order valence-electron chi connectivity index (χ3n) is 2.92. The maximum Gasteiger partial charge on any atom is 0.281 e. The highest BCUT2D eigenvalue weighted by Gasteiger charge is 2.21. The highest BCUT2D eigenvalue weighted by atomic mass is 16.5. The number of carbonyl (C=O) groups excluding carboxylic acids is 2. The molecule has 3 N–H and O–H groups in total. The van der Waals surface area contributed by atoms with Gasteiger partial charge in [-0.1, -0.05) is 25.9 Å². The molecule has 2 amide bonds. The van der Waals surface area contributed by atoms with Gasteiger partial charge >= 0.3 is 0 Å². The van der Waals surface area contributed by atoms with Crippen molar-refractivity contribution in [1.29, 1.82) is 0 Å². The second-order valence-electron chi connectivity index (χ2n) is 6.91. The van der Waals surface area contributed by atoms with Crippen molar-refractivity contribution < 1.29 is 19.0 Å². The Morgan fingerprint density at radius 3 is 2.36 bits per heavy atom. The lowest BCUT2D eigenvalue weighted by Gasteiger charge is -2.14. The molecule has 22 heavy (non-hydrogen) atoms. The molecule has 1 unspecified atom stereocenters. The molecule has 0 saturated heterocycles. The summed E-state index contributed by atoms with van der Waals surface area (Å²) in [7, 11) is 1.79. The van der Waals surface area contributed by atoms with Gasteiger partial charge < -0.3 is 14.7 Å². The summed E-state index contributed by atoms with van der Waals surface area (Å²) in [5, 5.41) is 9.40. The Bertz CT molecular complexity index is 517. The second-order valence-corrected chi connectivity index (χ2v) is 6.91. The van der Waals surface area contributed by atoms with Gasteiger partial charge in [0.25, 0.3) is 11.8 Å². The fourth-order valence-corrected chi connectivity index (χ4v) is 1.85. The zero-order valence-corrected chi connectivity index (χ0v) is 14.2. The zero-order valence-electron chi connectivity index (χ0n) is 14.2. The average Bonchev–Trinajstić information content (AvgIpc) is 2.74. The van der Waals surface area contributed by atoms with Crippen LogP contribution in [0.4, 0.5) is 5.88 Å². The predicted octanol–water partition coefficient (Wildman–Crippen LogP) is -0.0501. The van der Waals surface area contributed by atoms with Gasteiger partial charge in [-0.3, -0.25) is 14.9 Å². The zero-order chi connectivity index (χ0) is 16.9. The molecule has 0 fully saturated rings. The molecule has 1 rings (SSSR count). The number of hydrogen-bond acceptors (Lipinski definition) is 4. The van der Waals surface area contributed by atoms with Crippen molar-refractivity contribution in [2.24, 2.45) is 0 Å². The number of likely N-dealkylation sites (N-methyl/N-ethyl adjacent to an activating group) is 1. The van der Waals surface area contributed by atoms with Gasteiger partial charge in [0, 0.05) is 17.5 Å². The largest absolute Gasteiger partial charge is 0.349 e. The lowest BCUT2D eigenvalue weighted by atomic mass is 9.92. The van der Waals surface area contributed by atoms with Gasteiger partial charge in [0.05, 0.1) is 12.7 Å². The van der Waals surface area contributed by atoms with Gasteiger partial charge in [0.2, 0.25) is 5.88 Å². The van der Waals surface area contributed by atoms with Crippen LogP contribution in [-0.4, -0.2) is 43.2 Å². The SMILES string of the molecule is CC(C)NC(=O)C[NH+](C)CC(=O)Nc1cc(C(C)(C)C)no1. The number of anilines is 1. The van der Waals surface area contributed by atoms with Crippen molar-refractivity contribution in [3.63, 3.8) is 0 Å². The molecule has 1 heterocycles. The molecule has 0 aliphatic rings. The van der Waals surface area contributed by atoms with Gasteiger partial charge in [0.1, 0.15) is 0 Å². The summed E-state index contributed by atoms with van der Waals surface area (Å²) in [5.41, 5.74) is 0.642. The first-order valence-electron chi connectivity index (χ1n) is 7.45. The van der Waals surface area contributed by atoms with Crippen molar-refractivity contribution in [2.45, 2.75) is 46.1 Å². The molecule has 0 radical (unpaired) electrons. The molecule has 7 heteroatoms. The topological polar surface area (TPSA) is 88.7 Å². The summed E-state index contributed by atoms with van der Waals surface area (Å²) in [6.45, 7) is 10.3. The van der Waals surface area contributed by atoms with Crippen LogP contribution in [0.15, 0.2) is 10.6 Å². The molecule has 0 saturated carbocycles. The molecule has 0 aromatic carbocycles. The molecule has 1 aromatic rings. The van der Waals surface area contributed by atoms with Crippen LogP contribution in [0.3, 0.4) is 0 Å². The van der Waals surface area contributed by atoms with E-state index in [1.54, 1.807) is 13.1 Å². The van der Waals surface area contributed by atoms with Crippen molar-refractivity contribution in [3.05, 3.63) is 11.8 Å². The highest BCUT2D eigenvalue weighted by molar-refractivity contribution is 5.90. The summed E-state index contributed by atoms with van der Waals surface area (Å²) in [4.78, 5) is 24.4. The number of quaternary nitrogens is 1. The third kappa shape index (κ3) is 6.26. The van der Waals surface area contributed by atoms with Crippen LogP contribution in [0.5, 0.6) is 0 Å². The van der Waals surface area contributed by atoms with Gasteiger partial charge in [0.15, 0.2) is 13.1 Å². The third-order valence-corrected chi connectivity index (χ3v) is 2.92. The van der Waals surface area contributed by atoms with E-state index in [1.165, 1.54) is 0 Å². The average molecular weight is 311 g/mol. The number of hydrogen-bond donors (Lipinski definition) is 3. The summed E-state index contributed by atoms with van der Waals surface area (Å²) in [6, 6.07) is 1.82. The molecule has 0 aliphatic heterocycles. The minimum atomic E-state index is -0.216. The maximum absolute atomic E-state index is 11.9. The van der Waals surface area contributed by atoms with Crippen molar-refractivity contribution in [2.75, 3.05) is 25.5 Å². The Balaban J connectivity index is 2.46. The minimum absolute atomic E-state index is 0.0741. The van der Waals surface area contributed by atoms with E-state index in [0.717, 1.165) is 10.6 Å². The standard InChI is InChI=1S/C15H26N4O3/c1-10(2)16-12(20)8-19(6)9-13(21)17-14-7-11(18-22-14)15(3,4)5/h7,10H,8-9H2,1-6H3,(H,16,20)(H,17,21)/p+1. The molecular weight excluding hydrogens is 284 g/mol. The van der Waals surface area contributed by atoms with E-state index in [-0.39, 0.29) is 36.4 Å². The summed E-state index contributed by atoms with van der Waals surface area (Å²) >= 11 is 0. The maximum atomic E-state index is 11.9. The van der Waals surface area contributed by atoms with Gasteiger partial charge in [-0.15, -0.1) is 0 Å². The monoisotopic (exact) mass is 311 g/mol. The van der Waals surface area contributed by atoms with Crippen LogP contribution in [0.2, 0.25) is 0 Å². The van der Waals surface area contributed by atoms with Crippen LogP contribution in [0, 0.1) is 0 Å². The number of aromatic nitrogens is 1. The number of nitrogens with zero attached hydrogens (tertiary/aromatic N) is 1. The first-order valence-corrected chi connectivity index (χ1v) is 7.45. The van der Waals surface area contributed by atoms with Crippen LogP contribution in [0.25, 0.3) is 0 Å². The fourth-order valence-electron chi connectivity index (χ4n) is 1.85. The Kier molecular flexibility index (Phi) is 6.11. The number of rotatable bonds is 6. The van der Waals surface area contributed by atoms with Crippen LogP contribution in [0.1, 0.15) is 40.3 Å². The van der Waals surface area contributed by atoms with E-state index in [4.69, 9.17) is 4.52 Å². The minimum Gasteiger partial charge on any atom is -0.349 e. The van der Waals surface area contributed by atoms with E-state index in [1.807, 2.05) is 34.6 Å². The van der Waals surface area contributed by atoms with Crippen molar-refractivity contribution in [3.8, 4) is 0 Å². The smallest absolute Gasteiger partial charge is 0.281 e. The van der Waals surface area contributed by atoms with Gasteiger partial charge in [-0.05, 0) is 13.8 Å². The van der Waals surface area contributed by atoms with Crippen molar-refractivity contribution in [1.82, 2.24) is 10.5 Å².